The van der Waals surface area contributed by atoms with Gasteiger partial charge in [-0.15, -0.1) is 10.2 Å². The Bertz CT molecular complexity index is 1270. The topological polar surface area (TPSA) is 144 Å². The molecule has 0 bridgehead atoms. The van der Waals surface area contributed by atoms with E-state index in [4.69, 9.17) is 0 Å². The van der Waals surface area contributed by atoms with Crippen LogP contribution in [0.25, 0.3) is 0 Å². The van der Waals surface area contributed by atoms with Gasteiger partial charge >= 0.3 is 0 Å². The average Bonchev–Trinajstić information content (AvgIpc) is 3.47. The summed E-state index contributed by atoms with van der Waals surface area (Å²) in [7, 11) is -4.04. The SMILES string of the molecule is Cc1ccc(S(=O)(=O)Nc2ccc(C(=O)Nc3nnc(C4CC4)s3)cc2)cc1[N+](=O)[O-]. The van der Waals surface area contributed by atoms with Crippen LogP contribution in [0.3, 0.4) is 0 Å². The highest BCUT2D eigenvalue weighted by molar-refractivity contribution is 7.92. The summed E-state index contributed by atoms with van der Waals surface area (Å²) in [6, 6.07) is 9.49. The molecule has 0 aliphatic heterocycles. The number of benzene rings is 2. The fourth-order valence-corrected chi connectivity index (χ4v) is 4.79. The molecule has 1 saturated carbocycles. The molecular weight excluding hydrogens is 442 g/mol. The third-order valence-electron chi connectivity index (χ3n) is 4.67. The molecule has 0 unspecified atom stereocenters. The van der Waals surface area contributed by atoms with Crippen LogP contribution in [0.5, 0.6) is 0 Å². The molecule has 3 aromatic rings. The lowest BCUT2D eigenvalue weighted by atomic mass is 10.2. The summed E-state index contributed by atoms with van der Waals surface area (Å²) in [5.74, 6) is 0.0625. The molecule has 1 fully saturated rings. The Morgan fingerprint density at radius 2 is 1.87 bits per heavy atom. The van der Waals surface area contributed by atoms with Crippen molar-refractivity contribution in [1.29, 1.82) is 0 Å². The van der Waals surface area contributed by atoms with Crippen LogP contribution in [0.4, 0.5) is 16.5 Å². The maximum absolute atomic E-state index is 12.6. The van der Waals surface area contributed by atoms with E-state index in [0.717, 1.165) is 23.9 Å². The summed E-state index contributed by atoms with van der Waals surface area (Å²) < 4.78 is 27.5. The van der Waals surface area contributed by atoms with Crippen LogP contribution in [0.15, 0.2) is 47.4 Å². The van der Waals surface area contributed by atoms with Gasteiger partial charge in [-0.25, -0.2) is 8.42 Å². The molecule has 1 aliphatic rings. The second kappa shape index (κ2) is 8.04. The molecule has 1 aliphatic carbocycles. The number of rotatable bonds is 7. The molecule has 2 aromatic carbocycles. The Morgan fingerprint density at radius 1 is 1.16 bits per heavy atom. The Balaban J connectivity index is 1.45. The zero-order valence-electron chi connectivity index (χ0n) is 16.2. The third kappa shape index (κ3) is 4.70. The van der Waals surface area contributed by atoms with Gasteiger partial charge in [0, 0.05) is 28.8 Å². The van der Waals surface area contributed by atoms with Crippen molar-refractivity contribution in [2.24, 2.45) is 0 Å². The van der Waals surface area contributed by atoms with Crippen molar-refractivity contribution in [3.8, 4) is 0 Å². The summed E-state index contributed by atoms with van der Waals surface area (Å²) in [4.78, 5) is 22.6. The van der Waals surface area contributed by atoms with Gasteiger partial charge in [0.05, 0.1) is 9.82 Å². The highest BCUT2D eigenvalue weighted by atomic mass is 32.2. The summed E-state index contributed by atoms with van der Waals surface area (Å²) in [6.45, 7) is 1.53. The number of hydrogen-bond donors (Lipinski definition) is 2. The molecule has 1 aromatic heterocycles. The van der Waals surface area contributed by atoms with Crippen LogP contribution in [0.2, 0.25) is 0 Å². The van der Waals surface area contributed by atoms with Crippen LogP contribution in [-0.4, -0.2) is 29.4 Å². The van der Waals surface area contributed by atoms with Gasteiger partial charge in [-0.05, 0) is 50.1 Å². The predicted octanol–water partition coefficient (Wildman–Crippen LogP) is 3.69. The lowest BCUT2D eigenvalue weighted by Gasteiger charge is -2.09. The molecule has 1 amide bonds. The molecule has 4 rings (SSSR count). The number of hydrogen-bond acceptors (Lipinski definition) is 8. The average molecular weight is 460 g/mol. The zero-order valence-corrected chi connectivity index (χ0v) is 17.9. The number of anilines is 2. The number of aromatic nitrogens is 2. The minimum absolute atomic E-state index is 0.215. The Hall–Kier alpha value is -3.38. The van der Waals surface area contributed by atoms with Crippen molar-refractivity contribution in [3.63, 3.8) is 0 Å². The minimum Gasteiger partial charge on any atom is -0.296 e. The summed E-state index contributed by atoms with van der Waals surface area (Å²) >= 11 is 1.35. The van der Waals surface area contributed by atoms with Gasteiger partial charge in [-0.2, -0.15) is 0 Å². The number of nitrogens with one attached hydrogen (secondary N) is 2. The third-order valence-corrected chi connectivity index (χ3v) is 7.05. The van der Waals surface area contributed by atoms with Crippen molar-refractivity contribution in [3.05, 3.63) is 68.7 Å². The van der Waals surface area contributed by atoms with Gasteiger partial charge in [0.1, 0.15) is 5.01 Å². The Morgan fingerprint density at radius 3 is 2.52 bits per heavy atom. The smallest absolute Gasteiger partial charge is 0.273 e. The van der Waals surface area contributed by atoms with Gasteiger partial charge in [0.25, 0.3) is 21.6 Å². The molecule has 10 nitrogen and oxygen atoms in total. The quantitative estimate of drug-likeness (QED) is 0.405. The van der Waals surface area contributed by atoms with Crippen LogP contribution in [0.1, 0.15) is 39.7 Å². The zero-order chi connectivity index (χ0) is 22.2. The van der Waals surface area contributed by atoms with Crippen molar-refractivity contribution in [2.75, 3.05) is 10.0 Å². The van der Waals surface area contributed by atoms with Gasteiger partial charge in [0.2, 0.25) is 5.13 Å². The molecule has 0 saturated heterocycles. The first kappa shape index (κ1) is 20.9. The van der Waals surface area contributed by atoms with Crippen molar-refractivity contribution in [2.45, 2.75) is 30.6 Å². The van der Waals surface area contributed by atoms with E-state index < -0.39 is 14.9 Å². The number of nitro benzene ring substituents is 1. The van der Waals surface area contributed by atoms with Crippen LogP contribution >= 0.6 is 11.3 Å². The van der Waals surface area contributed by atoms with Crippen LogP contribution < -0.4 is 10.0 Å². The van der Waals surface area contributed by atoms with Gasteiger partial charge in [-0.1, -0.05) is 17.4 Å². The molecule has 12 heteroatoms. The normalized spacial score (nSPS) is 13.6. The Labute approximate surface area is 181 Å². The van der Waals surface area contributed by atoms with Gasteiger partial charge < -0.3 is 0 Å². The maximum Gasteiger partial charge on any atom is 0.273 e. The number of sulfonamides is 1. The lowest BCUT2D eigenvalue weighted by molar-refractivity contribution is -0.385. The van der Waals surface area contributed by atoms with Crippen molar-refractivity contribution in [1.82, 2.24) is 10.2 Å². The van der Waals surface area contributed by atoms with Gasteiger partial charge in [0.15, 0.2) is 0 Å². The standard InChI is InChI=1S/C19H17N5O5S2/c1-11-2-9-15(10-16(11)24(26)27)31(28,29)23-14-7-5-12(6-8-14)17(25)20-19-22-21-18(30-19)13-3-4-13/h2,5-10,13,23H,3-4H2,1H3,(H,20,22,25). The molecule has 0 atom stereocenters. The van der Waals surface area contributed by atoms with Crippen LogP contribution in [-0.2, 0) is 10.0 Å². The summed E-state index contributed by atoms with van der Waals surface area (Å²) in [5.41, 5.74) is 0.610. The lowest BCUT2D eigenvalue weighted by Crippen LogP contribution is -2.14. The molecule has 0 radical (unpaired) electrons. The molecule has 2 N–H and O–H groups in total. The Kier molecular flexibility index (Phi) is 5.41. The first-order chi connectivity index (χ1) is 14.7. The van der Waals surface area contributed by atoms with E-state index in [1.165, 1.54) is 54.7 Å². The first-order valence-electron chi connectivity index (χ1n) is 9.25. The second-order valence-corrected chi connectivity index (χ2v) is 9.75. The van der Waals surface area contributed by atoms with E-state index >= 15 is 0 Å². The highest BCUT2D eigenvalue weighted by Gasteiger charge is 2.28. The highest BCUT2D eigenvalue weighted by Crippen LogP contribution is 2.42. The van der Waals surface area contributed by atoms with Crippen molar-refractivity contribution >= 4 is 43.8 Å². The largest absolute Gasteiger partial charge is 0.296 e. The molecule has 0 spiro atoms. The van der Waals surface area contributed by atoms with E-state index in [0.29, 0.717) is 22.2 Å². The second-order valence-electron chi connectivity index (χ2n) is 7.06. The monoisotopic (exact) mass is 459 g/mol. The summed E-state index contributed by atoms with van der Waals surface area (Å²) in [5, 5.41) is 23.1. The molecule has 1 heterocycles. The van der Waals surface area contributed by atoms with Gasteiger partial charge in [-0.3, -0.25) is 24.9 Å². The van der Waals surface area contributed by atoms with E-state index in [1.54, 1.807) is 0 Å². The predicted molar refractivity (Wildman–Crippen MR) is 115 cm³/mol. The fourth-order valence-electron chi connectivity index (χ4n) is 2.81. The first-order valence-corrected chi connectivity index (χ1v) is 11.6. The van der Waals surface area contributed by atoms with E-state index in [-0.39, 0.29) is 22.2 Å². The number of carbonyl (C=O) groups excluding carboxylic acids is 1. The molecule has 31 heavy (non-hydrogen) atoms. The summed E-state index contributed by atoms with van der Waals surface area (Å²) in [6.07, 6.45) is 2.19. The molecule has 160 valence electrons. The number of carbonyl (C=O) groups is 1. The minimum atomic E-state index is -4.04. The van der Waals surface area contributed by atoms with Crippen LogP contribution in [0, 0.1) is 17.0 Å². The van der Waals surface area contributed by atoms with E-state index in [1.807, 2.05) is 0 Å². The fraction of sp³-hybridized carbons (Fsp3) is 0.211. The number of amides is 1. The number of nitro groups is 1. The van der Waals surface area contributed by atoms with E-state index in [9.17, 15) is 23.3 Å². The number of aryl methyl sites for hydroxylation is 1. The molecular formula is C19H17N5O5S2. The van der Waals surface area contributed by atoms with E-state index in [2.05, 4.69) is 20.2 Å². The maximum atomic E-state index is 12.6. The van der Waals surface area contributed by atoms with Crippen molar-refractivity contribution < 1.29 is 18.1 Å². The number of nitrogens with zero attached hydrogens (tertiary/aromatic N) is 3.